The Bertz CT molecular complexity index is 893. The first-order valence-electron chi connectivity index (χ1n) is 12.3. The molecule has 0 spiro atoms. The fourth-order valence-electron chi connectivity index (χ4n) is 4.58. The molecule has 4 nitrogen and oxygen atoms in total. The standard InChI is InChI=1S/C29H44O4/c1-8-29(9-2,24-13-14-26(21(4)17-24)33-19-25(31)18-30)23-12-10-22(20(3)16-23)11-15-27(32)28(5,6)7/h10,12-14,16-17,25,27,30-32H,8-9,11,15,18-19H2,1-7H3. The number of aliphatic hydroxyl groups is 3. The van der Waals surface area contributed by atoms with Crippen LogP contribution < -0.4 is 4.74 Å². The molecule has 2 aromatic rings. The second-order valence-corrected chi connectivity index (χ2v) is 10.5. The van der Waals surface area contributed by atoms with Crippen LogP contribution in [0.3, 0.4) is 0 Å². The summed E-state index contributed by atoms with van der Waals surface area (Å²) < 4.78 is 5.70. The third kappa shape index (κ3) is 6.59. The number of ether oxygens (including phenoxy) is 1. The molecule has 2 rings (SSSR count). The van der Waals surface area contributed by atoms with E-state index in [1.807, 2.05) is 13.0 Å². The Morgan fingerprint density at radius 2 is 1.45 bits per heavy atom. The zero-order valence-electron chi connectivity index (χ0n) is 21.6. The molecule has 2 aromatic carbocycles. The van der Waals surface area contributed by atoms with E-state index in [1.165, 1.54) is 22.3 Å². The van der Waals surface area contributed by atoms with Gasteiger partial charge in [-0.2, -0.15) is 0 Å². The summed E-state index contributed by atoms with van der Waals surface area (Å²) >= 11 is 0. The highest BCUT2D eigenvalue weighted by molar-refractivity contribution is 5.47. The number of rotatable bonds is 11. The van der Waals surface area contributed by atoms with E-state index >= 15 is 0 Å². The van der Waals surface area contributed by atoms with Gasteiger partial charge in [-0.25, -0.2) is 0 Å². The van der Waals surface area contributed by atoms with Crippen LogP contribution in [0.25, 0.3) is 0 Å². The van der Waals surface area contributed by atoms with Crippen LogP contribution in [0.5, 0.6) is 5.75 Å². The van der Waals surface area contributed by atoms with E-state index in [-0.39, 0.29) is 30.1 Å². The van der Waals surface area contributed by atoms with Crippen molar-refractivity contribution in [2.75, 3.05) is 13.2 Å². The predicted octanol–water partition coefficient (Wildman–Crippen LogP) is 5.48. The Balaban J connectivity index is 2.31. The van der Waals surface area contributed by atoms with Crippen molar-refractivity contribution in [3.63, 3.8) is 0 Å². The first-order valence-corrected chi connectivity index (χ1v) is 12.3. The van der Waals surface area contributed by atoms with Crippen molar-refractivity contribution in [3.05, 3.63) is 64.2 Å². The summed E-state index contributed by atoms with van der Waals surface area (Å²) in [4.78, 5) is 0. The summed E-state index contributed by atoms with van der Waals surface area (Å²) in [6.07, 6.45) is 2.41. The lowest BCUT2D eigenvalue weighted by Crippen LogP contribution is -2.27. The molecule has 0 aliphatic heterocycles. The van der Waals surface area contributed by atoms with Gasteiger partial charge in [0.25, 0.3) is 0 Å². The van der Waals surface area contributed by atoms with Gasteiger partial charge in [-0.15, -0.1) is 0 Å². The highest BCUT2D eigenvalue weighted by Gasteiger charge is 2.31. The molecule has 0 heterocycles. The van der Waals surface area contributed by atoms with Crippen molar-refractivity contribution >= 4 is 0 Å². The highest BCUT2D eigenvalue weighted by Crippen LogP contribution is 2.41. The summed E-state index contributed by atoms with van der Waals surface area (Å²) in [5, 5.41) is 29.0. The monoisotopic (exact) mass is 456 g/mol. The molecule has 2 unspecified atom stereocenters. The van der Waals surface area contributed by atoms with Crippen molar-refractivity contribution in [2.45, 2.75) is 91.8 Å². The molecule has 0 aromatic heterocycles. The number of benzene rings is 2. The van der Waals surface area contributed by atoms with Crippen molar-refractivity contribution < 1.29 is 20.1 Å². The number of hydrogen-bond donors (Lipinski definition) is 3. The van der Waals surface area contributed by atoms with Gasteiger partial charge in [-0.3, -0.25) is 0 Å². The molecule has 33 heavy (non-hydrogen) atoms. The second kappa shape index (κ2) is 11.5. The minimum absolute atomic E-state index is 0.0773. The van der Waals surface area contributed by atoms with E-state index in [2.05, 4.69) is 71.9 Å². The third-order valence-electron chi connectivity index (χ3n) is 7.16. The fraction of sp³-hybridized carbons (Fsp3) is 0.586. The zero-order valence-corrected chi connectivity index (χ0v) is 21.6. The van der Waals surface area contributed by atoms with Crippen LogP contribution in [0.1, 0.15) is 81.7 Å². The minimum Gasteiger partial charge on any atom is -0.491 e. The maximum absolute atomic E-state index is 10.4. The van der Waals surface area contributed by atoms with Gasteiger partial charge in [-0.05, 0) is 78.8 Å². The van der Waals surface area contributed by atoms with Crippen LogP contribution in [-0.2, 0) is 11.8 Å². The van der Waals surface area contributed by atoms with Crippen LogP contribution in [0, 0.1) is 19.3 Å². The van der Waals surface area contributed by atoms with E-state index in [1.54, 1.807) is 0 Å². The van der Waals surface area contributed by atoms with Crippen LogP contribution in [0.2, 0.25) is 0 Å². The quantitative estimate of drug-likeness (QED) is 0.419. The van der Waals surface area contributed by atoms with E-state index in [0.717, 1.165) is 37.0 Å². The van der Waals surface area contributed by atoms with E-state index in [0.29, 0.717) is 0 Å². The minimum atomic E-state index is -0.875. The molecule has 184 valence electrons. The summed E-state index contributed by atoms with van der Waals surface area (Å²) in [6, 6.07) is 13.1. The number of hydrogen-bond acceptors (Lipinski definition) is 4. The first kappa shape index (κ1) is 27.4. The van der Waals surface area contributed by atoms with Gasteiger partial charge >= 0.3 is 0 Å². The number of aryl methyl sites for hydroxylation is 3. The molecule has 0 fully saturated rings. The molecule has 0 saturated carbocycles. The van der Waals surface area contributed by atoms with Gasteiger partial charge in [0.2, 0.25) is 0 Å². The average molecular weight is 457 g/mol. The van der Waals surface area contributed by atoms with E-state index < -0.39 is 6.10 Å². The Morgan fingerprint density at radius 1 is 0.879 bits per heavy atom. The summed E-state index contributed by atoms with van der Waals surface area (Å²) in [6.45, 7) is 14.7. The van der Waals surface area contributed by atoms with Gasteiger partial charge in [0, 0.05) is 5.41 Å². The maximum Gasteiger partial charge on any atom is 0.122 e. The molecular formula is C29H44O4. The Kier molecular flexibility index (Phi) is 9.54. The molecule has 3 N–H and O–H groups in total. The van der Waals surface area contributed by atoms with Gasteiger partial charge in [0.05, 0.1) is 12.7 Å². The highest BCUT2D eigenvalue weighted by atomic mass is 16.5. The van der Waals surface area contributed by atoms with Crippen molar-refractivity contribution in [1.29, 1.82) is 0 Å². The molecule has 0 bridgehead atoms. The van der Waals surface area contributed by atoms with Crippen molar-refractivity contribution in [1.82, 2.24) is 0 Å². The van der Waals surface area contributed by atoms with E-state index in [9.17, 15) is 10.2 Å². The SMILES string of the molecule is CCC(CC)(c1ccc(CCC(O)C(C)(C)C)c(C)c1)c1ccc(OCC(O)CO)c(C)c1. The summed E-state index contributed by atoms with van der Waals surface area (Å²) in [5.74, 6) is 0.733. The van der Waals surface area contributed by atoms with Gasteiger partial charge in [-0.1, -0.05) is 65.0 Å². The lowest BCUT2D eigenvalue weighted by molar-refractivity contribution is 0.0534. The van der Waals surface area contributed by atoms with Crippen LogP contribution in [-0.4, -0.2) is 40.7 Å². The van der Waals surface area contributed by atoms with Gasteiger partial charge < -0.3 is 20.1 Å². The van der Waals surface area contributed by atoms with Crippen LogP contribution >= 0.6 is 0 Å². The summed E-state index contributed by atoms with van der Waals surface area (Å²) in [5.41, 5.74) is 5.97. The van der Waals surface area contributed by atoms with Crippen molar-refractivity contribution in [3.8, 4) is 5.75 Å². The lowest BCUT2D eigenvalue weighted by atomic mass is 9.69. The Labute approximate surface area is 200 Å². The largest absolute Gasteiger partial charge is 0.491 e. The first-order chi connectivity index (χ1) is 15.5. The third-order valence-corrected chi connectivity index (χ3v) is 7.16. The van der Waals surface area contributed by atoms with E-state index in [4.69, 9.17) is 9.84 Å². The topological polar surface area (TPSA) is 69.9 Å². The molecular weight excluding hydrogens is 412 g/mol. The molecule has 0 radical (unpaired) electrons. The lowest BCUT2D eigenvalue weighted by Gasteiger charge is -2.34. The molecule has 2 atom stereocenters. The van der Waals surface area contributed by atoms with Crippen LogP contribution in [0.15, 0.2) is 36.4 Å². The Hall–Kier alpha value is -1.88. The van der Waals surface area contributed by atoms with Gasteiger partial charge in [0.1, 0.15) is 18.5 Å². The second-order valence-electron chi connectivity index (χ2n) is 10.5. The molecule has 0 amide bonds. The van der Waals surface area contributed by atoms with Crippen LogP contribution in [0.4, 0.5) is 0 Å². The molecule has 4 heteroatoms. The predicted molar refractivity (Wildman–Crippen MR) is 136 cm³/mol. The summed E-state index contributed by atoms with van der Waals surface area (Å²) in [7, 11) is 0. The number of aliphatic hydroxyl groups excluding tert-OH is 3. The molecule has 0 saturated heterocycles. The van der Waals surface area contributed by atoms with Gasteiger partial charge in [0.15, 0.2) is 0 Å². The van der Waals surface area contributed by atoms with Crippen molar-refractivity contribution in [2.24, 2.45) is 5.41 Å². The average Bonchev–Trinajstić information content (AvgIpc) is 2.78. The Morgan fingerprint density at radius 3 is 1.94 bits per heavy atom. The zero-order chi connectivity index (χ0) is 24.8. The smallest absolute Gasteiger partial charge is 0.122 e. The maximum atomic E-state index is 10.4. The molecule has 0 aliphatic carbocycles. The fourth-order valence-corrected chi connectivity index (χ4v) is 4.58. The normalized spacial score (nSPS) is 14.2. The molecule has 0 aliphatic rings.